The topological polar surface area (TPSA) is 199 Å². The van der Waals surface area contributed by atoms with E-state index in [0.717, 1.165) is 4.90 Å². The van der Waals surface area contributed by atoms with Crippen molar-refractivity contribution in [1.82, 2.24) is 15.5 Å². The fourth-order valence-corrected chi connectivity index (χ4v) is 4.03. The van der Waals surface area contributed by atoms with Crippen LogP contribution in [-0.2, 0) is 30.4 Å². The Labute approximate surface area is 208 Å². The Balaban J connectivity index is 1.99. The molecular weight excluding hydrogens is 505 g/mol. The molecule has 0 unspecified atom stereocenters. The van der Waals surface area contributed by atoms with Gasteiger partial charge in [0.1, 0.15) is 17.9 Å². The molecule has 7 N–H and O–H groups in total. The lowest BCUT2D eigenvalue weighted by molar-refractivity contribution is -0.150. The highest BCUT2D eigenvalue weighted by molar-refractivity contribution is 5.89. The van der Waals surface area contributed by atoms with E-state index in [1.807, 2.05) is 0 Å². The van der Waals surface area contributed by atoms with Crippen molar-refractivity contribution >= 4 is 29.7 Å². The predicted molar refractivity (Wildman–Crippen MR) is 119 cm³/mol. The third-order valence-corrected chi connectivity index (χ3v) is 5.75. The van der Waals surface area contributed by atoms with Crippen LogP contribution < -0.4 is 16.4 Å². The number of carboxylic acids is 3. The lowest BCUT2D eigenvalue weighted by Gasteiger charge is -2.27. The van der Waals surface area contributed by atoms with Crippen LogP contribution in [-0.4, -0.2) is 86.7 Å². The van der Waals surface area contributed by atoms with Crippen molar-refractivity contribution in [2.24, 2.45) is 5.73 Å². The van der Waals surface area contributed by atoms with E-state index >= 15 is 0 Å². The molecule has 0 saturated carbocycles. The van der Waals surface area contributed by atoms with Crippen LogP contribution in [0.5, 0.6) is 0 Å². The molecule has 1 aliphatic heterocycles. The zero-order valence-electron chi connectivity index (χ0n) is 19.6. The van der Waals surface area contributed by atoms with Crippen molar-refractivity contribution in [2.45, 2.75) is 62.8 Å². The number of nitrogens with two attached hydrogens (primary N) is 1. The molecule has 204 valence electrons. The predicted octanol–water partition coefficient (Wildman–Crippen LogP) is -0.560. The zero-order valence-corrected chi connectivity index (χ0v) is 19.6. The van der Waals surface area contributed by atoms with Crippen LogP contribution in [0.4, 0.5) is 13.2 Å². The number of halogens is 3. The Morgan fingerprint density at radius 3 is 2.24 bits per heavy atom. The van der Waals surface area contributed by atoms with E-state index in [9.17, 15) is 42.3 Å². The van der Waals surface area contributed by atoms with Crippen molar-refractivity contribution < 1.29 is 52.5 Å². The number of carbonyl (C=O) groups is 5. The minimum atomic E-state index is -1.60. The molecule has 1 saturated heterocycles. The second kappa shape index (κ2) is 12.5. The maximum absolute atomic E-state index is 13.8. The average Bonchev–Trinajstić information content (AvgIpc) is 3.19. The van der Waals surface area contributed by atoms with Gasteiger partial charge in [0.2, 0.25) is 11.8 Å². The Morgan fingerprint density at radius 1 is 1.05 bits per heavy atom. The zero-order chi connectivity index (χ0) is 28.0. The molecule has 15 heteroatoms. The third kappa shape index (κ3) is 8.15. The van der Waals surface area contributed by atoms with Gasteiger partial charge in [-0.25, -0.2) is 18.0 Å². The largest absolute Gasteiger partial charge is 0.481 e. The average molecular weight is 532 g/mol. The van der Waals surface area contributed by atoms with Crippen molar-refractivity contribution in [1.29, 1.82) is 0 Å². The van der Waals surface area contributed by atoms with Gasteiger partial charge in [0.25, 0.3) is 0 Å². The normalized spacial score (nSPS) is 19.6. The summed E-state index contributed by atoms with van der Waals surface area (Å²) in [5, 5.41) is 32.4. The lowest BCUT2D eigenvalue weighted by Crippen LogP contribution is -2.53. The van der Waals surface area contributed by atoms with E-state index < -0.39 is 83.8 Å². The van der Waals surface area contributed by atoms with Crippen LogP contribution in [0.3, 0.4) is 0 Å². The van der Waals surface area contributed by atoms with Gasteiger partial charge >= 0.3 is 17.9 Å². The van der Waals surface area contributed by atoms with Gasteiger partial charge in [-0.3, -0.25) is 24.5 Å². The number of aliphatic carboxylic acids is 3. The molecule has 0 spiro atoms. The Kier molecular flexibility index (Phi) is 9.96. The highest BCUT2D eigenvalue weighted by atomic mass is 19.2. The quantitative estimate of drug-likeness (QED) is 0.190. The summed E-state index contributed by atoms with van der Waals surface area (Å²) in [6.07, 6.45) is -1.64. The van der Waals surface area contributed by atoms with Gasteiger partial charge in [-0.1, -0.05) is 0 Å². The van der Waals surface area contributed by atoms with Crippen molar-refractivity contribution in [3.8, 4) is 0 Å². The van der Waals surface area contributed by atoms with Gasteiger partial charge in [0.15, 0.2) is 11.6 Å². The van der Waals surface area contributed by atoms with Crippen molar-refractivity contribution in [3.05, 3.63) is 35.1 Å². The molecule has 37 heavy (non-hydrogen) atoms. The van der Waals surface area contributed by atoms with Crippen LogP contribution in [0.2, 0.25) is 0 Å². The van der Waals surface area contributed by atoms with Crippen LogP contribution in [0.15, 0.2) is 12.1 Å². The molecule has 0 bridgehead atoms. The fourth-order valence-electron chi connectivity index (χ4n) is 4.03. The molecule has 1 heterocycles. The van der Waals surface area contributed by atoms with Crippen LogP contribution in [0.25, 0.3) is 0 Å². The molecular formula is C22H27F3N4O8. The standard InChI is InChI=1S/C22H27F3N4O8/c1-9(27-16(21(34)35)7-19(31)32)20(33)29-8-12(5-17(29)22(36)37)28-18(30)4-11(26)2-10-3-14(24)15(25)6-13(10)23/h3,6,9,11-12,16-17,27H,2,4-5,7-8,26H2,1H3,(H,28,30)(H,31,32)(H,34,35)(H,36,37)/t9-,11+,12-,16-,17-/m0/s1. The second-order valence-corrected chi connectivity index (χ2v) is 8.75. The molecule has 0 aliphatic carbocycles. The number of hydrogen-bond donors (Lipinski definition) is 6. The number of hydrogen-bond acceptors (Lipinski definition) is 7. The van der Waals surface area contributed by atoms with E-state index in [4.69, 9.17) is 15.9 Å². The molecule has 12 nitrogen and oxygen atoms in total. The first-order valence-corrected chi connectivity index (χ1v) is 11.1. The van der Waals surface area contributed by atoms with Crippen molar-refractivity contribution in [3.63, 3.8) is 0 Å². The summed E-state index contributed by atoms with van der Waals surface area (Å²) >= 11 is 0. The number of carbonyl (C=O) groups excluding carboxylic acids is 2. The third-order valence-electron chi connectivity index (χ3n) is 5.75. The molecule has 2 rings (SSSR count). The number of rotatable bonds is 12. The Morgan fingerprint density at radius 2 is 1.68 bits per heavy atom. The number of likely N-dealkylation sites (tertiary alicyclic amines) is 1. The first kappa shape index (κ1) is 29.5. The van der Waals surface area contributed by atoms with Crippen LogP contribution in [0.1, 0.15) is 31.7 Å². The molecule has 0 radical (unpaired) electrons. The first-order chi connectivity index (χ1) is 17.2. The van der Waals surface area contributed by atoms with Crippen LogP contribution in [0, 0.1) is 17.5 Å². The van der Waals surface area contributed by atoms with E-state index in [-0.39, 0.29) is 31.4 Å². The smallest absolute Gasteiger partial charge is 0.326 e. The second-order valence-electron chi connectivity index (χ2n) is 8.75. The van der Waals surface area contributed by atoms with Gasteiger partial charge in [0.05, 0.1) is 12.5 Å². The highest BCUT2D eigenvalue weighted by Crippen LogP contribution is 2.21. The maximum atomic E-state index is 13.8. The maximum Gasteiger partial charge on any atom is 0.326 e. The number of nitrogens with one attached hydrogen (secondary N) is 2. The minimum absolute atomic E-state index is 0.177. The van der Waals surface area contributed by atoms with E-state index in [0.29, 0.717) is 12.1 Å². The molecule has 1 fully saturated rings. The monoisotopic (exact) mass is 532 g/mol. The molecule has 1 aliphatic rings. The van der Waals surface area contributed by atoms with Crippen LogP contribution >= 0.6 is 0 Å². The summed E-state index contributed by atoms with van der Waals surface area (Å²) in [4.78, 5) is 60.0. The summed E-state index contributed by atoms with van der Waals surface area (Å²) in [5.74, 6) is -9.44. The van der Waals surface area contributed by atoms with E-state index in [1.165, 1.54) is 6.92 Å². The Hall–Kier alpha value is -3.72. The Bertz CT molecular complexity index is 1070. The lowest BCUT2D eigenvalue weighted by atomic mass is 10.0. The summed E-state index contributed by atoms with van der Waals surface area (Å²) < 4.78 is 40.3. The van der Waals surface area contributed by atoms with Gasteiger partial charge in [0, 0.05) is 37.5 Å². The molecule has 1 aromatic rings. The SMILES string of the molecule is C[C@H](N[C@@H](CC(=O)O)C(=O)O)C(=O)N1C[C@@H](NC(=O)C[C@H](N)Cc2cc(F)c(F)cc2F)C[C@H]1C(=O)O. The van der Waals surface area contributed by atoms with E-state index in [2.05, 4.69) is 10.6 Å². The summed E-state index contributed by atoms with van der Waals surface area (Å²) in [6.45, 7) is 1.01. The minimum Gasteiger partial charge on any atom is -0.481 e. The van der Waals surface area contributed by atoms with E-state index in [1.54, 1.807) is 0 Å². The summed E-state index contributed by atoms with van der Waals surface area (Å²) in [5.41, 5.74) is 5.60. The number of amides is 2. The highest BCUT2D eigenvalue weighted by Gasteiger charge is 2.42. The molecule has 0 aromatic heterocycles. The number of benzene rings is 1. The van der Waals surface area contributed by atoms with Gasteiger partial charge < -0.3 is 31.3 Å². The van der Waals surface area contributed by atoms with Gasteiger partial charge in [-0.15, -0.1) is 0 Å². The number of nitrogens with zero attached hydrogens (tertiary/aromatic N) is 1. The fraction of sp³-hybridized carbons (Fsp3) is 0.500. The van der Waals surface area contributed by atoms with Crippen molar-refractivity contribution in [2.75, 3.05) is 6.54 Å². The van der Waals surface area contributed by atoms with Gasteiger partial charge in [-0.2, -0.15) is 0 Å². The molecule has 1 aromatic carbocycles. The number of carboxylic acid groups (broad SMARTS) is 3. The molecule has 2 amide bonds. The summed E-state index contributed by atoms with van der Waals surface area (Å²) in [6, 6.07) is -5.00. The van der Waals surface area contributed by atoms with Gasteiger partial charge in [-0.05, 0) is 25.0 Å². The first-order valence-electron chi connectivity index (χ1n) is 11.1. The summed E-state index contributed by atoms with van der Waals surface area (Å²) in [7, 11) is 0. The molecule has 5 atom stereocenters.